The summed E-state index contributed by atoms with van der Waals surface area (Å²) < 4.78 is 2.13. The molecule has 1 amide bonds. The first kappa shape index (κ1) is 18.2. The smallest absolute Gasteiger partial charge is 0.236 e. The largest absolute Gasteiger partial charge is 0.326 e. The van der Waals surface area contributed by atoms with Crippen molar-refractivity contribution < 1.29 is 4.79 Å². The third kappa shape index (κ3) is 3.55. The summed E-state index contributed by atoms with van der Waals surface area (Å²) in [7, 11) is 1.79. The molecule has 0 bridgehead atoms. The Kier molecular flexibility index (Phi) is 5.38. The van der Waals surface area contributed by atoms with E-state index in [0.717, 1.165) is 49.6 Å². The van der Waals surface area contributed by atoms with E-state index in [1.807, 2.05) is 6.92 Å². The maximum Gasteiger partial charge on any atom is 0.236 e. The average molecular weight is 362 g/mol. The lowest BCUT2D eigenvalue weighted by molar-refractivity contribution is -0.133. The molecule has 2 aliphatic carbocycles. The monoisotopic (exact) mass is 361 g/mol. The number of carbonyl (C=O) groups is 1. The van der Waals surface area contributed by atoms with Gasteiger partial charge in [-0.1, -0.05) is 31.0 Å². The molecule has 1 atom stereocenters. The minimum absolute atomic E-state index is 0.00655. The maximum absolute atomic E-state index is 13.0. The van der Waals surface area contributed by atoms with Crippen LogP contribution in [0.4, 0.5) is 0 Å². The van der Waals surface area contributed by atoms with Gasteiger partial charge in [-0.25, -0.2) is 0 Å². The highest BCUT2D eigenvalue weighted by atomic mass is 32.2. The van der Waals surface area contributed by atoms with E-state index in [1.54, 1.807) is 11.9 Å². The van der Waals surface area contributed by atoms with Crippen molar-refractivity contribution in [3.8, 4) is 6.07 Å². The molecule has 136 valence electrons. The van der Waals surface area contributed by atoms with E-state index in [-0.39, 0.29) is 11.2 Å². The van der Waals surface area contributed by atoms with E-state index in [2.05, 4.69) is 27.8 Å². The summed E-state index contributed by atoms with van der Waals surface area (Å²) in [5, 5.41) is 18.9. The van der Waals surface area contributed by atoms with Crippen LogP contribution in [0, 0.1) is 11.3 Å². The summed E-state index contributed by atoms with van der Waals surface area (Å²) >= 11 is 1.46. The second-order valence-electron chi connectivity index (χ2n) is 7.22. The van der Waals surface area contributed by atoms with Gasteiger partial charge in [0.1, 0.15) is 11.4 Å². The molecule has 0 N–H and O–H groups in total. The molecule has 0 unspecified atom stereocenters. The molecule has 2 fully saturated rings. The number of carbonyl (C=O) groups excluding carboxylic acids is 1. The number of amides is 1. The van der Waals surface area contributed by atoms with Crippen LogP contribution < -0.4 is 0 Å². The Morgan fingerprint density at radius 1 is 1.40 bits per heavy atom. The Bertz CT molecular complexity index is 669. The van der Waals surface area contributed by atoms with Gasteiger partial charge in [0.25, 0.3) is 0 Å². The first-order valence-electron chi connectivity index (χ1n) is 9.31. The van der Waals surface area contributed by atoms with Crippen molar-refractivity contribution in [2.24, 2.45) is 0 Å². The lowest BCUT2D eigenvalue weighted by Gasteiger charge is -2.40. The first-order valence-corrected chi connectivity index (χ1v) is 10.2. The number of thioether (sulfide) groups is 1. The van der Waals surface area contributed by atoms with Crippen LogP contribution >= 0.6 is 11.8 Å². The zero-order chi connectivity index (χ0) is 18.0. The first-order chi connectivity index (χ1) is 12.0. The van der Waals surface area contributed by atoms with Crippen LogP contribution in [0.3, 0.4) is 0 Å². The predicted molar refractivity (Wildman–Crippen MR) is 97.2 cm³/mol. The standard InChI is InChI=1S/C18H27N5OS/c1-4-23-15(14-8-9-14)20-21-17(23)25-13(2)16(24)22(3)18(12-19)10-6-5-7-11-18/h13-14H,4-11H2,1-3H3/t13-/m1/s1. The summed E-state index contributed by atoms with van der Waals surface area (Å²) in [6.45, 7) is 4.81. The minimum Gasteiger partial charge on any atom is -0.326 e. The number of hydrogen-bond acceptors (Lipinski definition) is 5. The molecule has 1 aromatic heterocycles. The summed E-state index contributed by atoms with van der Waals surface area (Å²) in [4.78, 5) is 14.7. The molecule has 6 nitrogen and oxygen atoms in total. The number of nitrogens with zero attached hydrogens (tertiary/aromatic N) is 5. The summed E-state index contributed by atoms with van der Waals surface area (Å²) in [6, 6.07) is 2.43. The van der Waals surface area contributed by atoms with Gasteiger partial charge >= 0.3 is 0 Å². The van der Waals surface area contributed by atoms with Crippen molar-refractivity contribution in [1.82, 2.24) is 19.7 Å². The Morgan fingerprint density at radius 3 is 2.64 bits per heavy atom. The molecule has 0 spiro atoms. The Morgan fingerprint density at radius 2 is 2.08 bits per heavy atom. The normalized spacial score (nSPS) is 20.7. The summed E-state index contributed by atoms with van der Waals surface area (Å²) in [6.07, 6.45) is 7.11. The van der Waals surface area contributed by atoms with Crippen molar-refractivity contribution in [3.05, 3.63) is 5.82 Å². The van der Waals surface area contributed by atoms with E-state index in [9.17, 15) is 10.1 Å². The highest BCUT2D eigenvalue weighted by Crippen LogP contribution is 2.40. The number of hydrogen-bond donors (Lipinski definition) is 0. The third-order valence-corrected chi connectivity index (χ3v) is 6.56. The molecule has 2 saturated carbocycles. The second-order valence-corrected chi connectivity index (χ2v) is 8.53. The molecular weight excluding hydrogens is 334 g/mol. The van der Waals surface area contributed by atoms with E-state index in [1.165, 1.54) is 24.6 Å². The van der Waals surface area contributed by atoms with Gasteiger partial charge in [0.15, 0.2) is 5.16 Å². The number of rotatable bonds is 6. The minimum atomic E-state index is -0.637. The van der Waals surface area contributed by atoms with Crippen LogP contribution in [0.5, 0.6) is 0 Å². The fourth-order valence-electron chi connectivity index (χ4n) is 3.68. The van der Waals surface area contributed by atoms with Crippen molar-refractivity contribution >= 4 is 17.7 Å². The van der Waals surface area contributed by atoms with Gasteiger partial charge in [0, 0.05) is 19.5 Å². The van der Waals surface area contributed by atoms with Crippen molar-refractivity contribution in [1.29, 1.82) is 5.26 Å². The van der Waals surface area contributed by atoms with Crippen LogP contribution in [-0.4, -0.2) is 43.4 Å². The highest BCUT2D eigenvalue weighted by molar-refractivity contribution is 8.00. The molecule has 1 heterocycles. The summed E-state index contributed by atoms with van der Waals surface area (Å²) in [5.74, 6) is 1.60. The van der Waals surface area contributed by atoms with Gasteiger partial charge in [-0.05, 0) is 39.5 Å². The lowest BCUT2D eigenvalue weighted by atomic mass is 9.81. The molecule has 0 aliphatic heterocycles. The molecule has 0 saturated heterocycles. The molecule has 2 aliphatic rings. The fourth-order valence-corrected chi connectivity index (χ4v) is 4.69. The molecule has 3 rings (SSSR count). The third-order valence-electron chi connectivity index (χ3n) is 5.50. The predicted octanol–water partition coefficient (Wildman–Crippen LogP) is 3.34. The Hall–Kier alpha value is -1.55. The van der Waals surface area contributed by atoms with Gasteiger partial charge in [-0.15, -0.1) is 10.2 Å². The highest BCUT2D eigenvalue weighted by Gasteiger charge is 2.40. The average Bonchev–Trinajstić information content (AvgIpc) is 3.41. The van der Waals surface area contributed by atoms with E-state index >= 15 is 0 Å². The zero-order valence-corrected chi connectivity index (χ0v) is 16.2. The second kappa shape index (κ2) is 7.36. The van der Waals surface area contributed by atoms with Crippen molar-refractivity contribution in [2.75, 3.05) is 7.05 Å². The van der Waals surface area contributed by atoms with E-state index in [4.69, 9.17) is 0 Å². The molecule has 0 aromatic carbocycles. The molecule has 0 radical (unpaired) electrons. The van der Waals surface area contributed by atoms with Crippen LogP contribution in [-0.2, 0) is 11.3 Å². The van der Waals surface area contributed by atoms with Crippen LogP contribution in [0.1, 0.15) is 70.5 Å². The van der Waals surface area contributed by atoms with Crippen LogP contribution in [0.15, 0.2) is 5.16 Å². The van der Waals surface area contributed by atoms with Crippen molar-refractivity contribution in [3.63, 3.8) is 0 Å². The van der Waals surface area contributed by atoms with Crippen molar-refractivity contribution in [2.45, 2.75) is 87.2 Å². The maximum atomic E-state index is 13.0. The topological polar surface area (TPSA) is 74.8 Å². The quantitative estimate of drug-likeness (QED) is 0.727. The van der Waals surface area contributed by atoms with E-state index in [0.29, 0.717) is 5.92 Å². The number of nitriles is 1. The SMILES string of the molecule is CCn1c(S[C@H](C)C(=O)N(C)C2(C#N)CCCCC2)nnc1C1CC1. The van der Waals surface area contributed by atoms with E-state index < -0.39 is 5.54 Å². The van der Waals surface area contributed by atoms with Gasteiger partial charge in [0.05, 0.1) is 11.3 Å². The molecular formula is C18H27N5OS. The molecule has 1 aromatic rings. The Balaban J connectivity index is 1.71. The van der Waals surface area contributed by atoms with Crippen LogP contribution in [0.25, 0.3) is 0 Å². The molecule has 7 heteroatoms. The van der Waals surface area contributed by atoms with Gasteiger partial charge in [0.2, 0.25) is 5.91 Å². The Labute approximate surface area is 154 Å². The summed E-state index contributed by atoms with van der Waals surface area (Å²) in [5.41, 5.74) is -0.637. The zero-order valence-electron chi connectivity index (χ0n) is 15.4. The fraction of sp³-hybridized carbons (Fsp3) is 0.778. The van der Waals surface area contributed by atoms with Crippen LogP contribution in [0.2, 0.25) is 0 Å². The lowest BCUT2D eigenvalue weighted by Crippen LogP contribution is -2.52. The molecule has 25 heavy (non-hydrogen) atoms. The van der Waals surface area contributed by atoms with Gasteiger partial charge in [-0.2, -0.15) is 5.26 Å². The van der Waals surface area contributed by atoms with Gasteiger partial charge < -0.3 is 9.47 Å². The van der Waals surface area contributed by atoms with Gasteiger partial charge in [-0.3, -0.25) is 4.79 Å². The number of aromatic nitrogens is 3.